The highest BCUT2D eigenvalue weighted by Crippen LogP contribution is 2.38. The number of carbonyl (C=O) groups is 2. The molecule has 2 aromatic rings. The van der Waals surface area contributed by atoms with E-state index in [0.29, 0.717) is 24.6 Å². The number of hydrogen-bond donors (Lipinski definition) is 1. The Morgan fingerprint density at radius 2 is 2.03 bits per heavy atom. The van der Waals surface area contributed by atoms with Crippen LogP contribution in [0.5, 0.6) is 0 Å². The number of piperidine rings is 1. The molecule has 3 amide bonds. The maximum Gasteiger partial charge on any atom is 0.408 e. The largest absolute Gasteiger partial charge is 0.444 e. The van der Waals surface area contributed by atoms with E-state index in [1.54, 1.807) is 31.7 Å². The zero-order valence-corrected chi connectivity index (χ0v) is 18.0. The number of nitrogens with one attached hydrogen (secondary N) is 1. The number of nitrogens with zero attached hydrogens (tertiary/aromatic N) is 3. The molecule has 1 N–H and O–H groups in total. The fraction of sp³-hybridized carbons (Fsp3) is 0.500. The summed E-state index contributed by atoms with van der Waals surface area (Å²) in [5.74, 6) is 0.506. The smallest absolute Gasteiger partial charge is 0.408 e. The van der Waals surface area contributed by atoms with E-state index in [-0.39, 0.29) is 24.7 Å². The number of hydrogen-bond acceptors (Lipinski definition) is 6. The second-order valence-corrected chi connectivity index (χ2v) is 8.84. The van der Waals surface area contributed by atoms with Crippen LogP contribution in [0.2, 0.25) is 0 Å². The van der Waals surface area contributed by atoms with Crippen molar-refractivity contribution in [1.29, 1.82) is 0 Å². The van der Waals surface area contributed by atoms with Crippen molar-refractivity contribution in [2.75, 3.05) is 6.54 Å². The molecule has 2 aliphatic rings. The van der Waals surface area contributed by atoms with Crippen LogP contribution in [0.3, 0.4) is 0 Å². The molecule has 3 heterocycles. The van der Waals surface area contributed by atoms with Gasteiger partial charge in [0, 0.05) is 12.6 Å². The molecule has 2 bridgehead atoms. The number of alkyl carbamates (subject to hydrolysis) is 1. The van der Waals surface area contributed by atoms with Crippen molar-refractivity contribution in [3.63, 3.8) is 0 Å². The van der Waals surface area contributed by atoms with Gasteiger partial charge in [0.05, 0.1) is 18.6 Å². The summed E-state index contributed by atoms with van der Waals surface area (Å²) < 4.78 is 10.6. The summed E-state index contributed by atoms with van der Waals surface area (Å²) in [7, 11) is 0. The summed E-state index contributed by atoms with van der Waals surface area (Å²) >= 11 is 0. The van der Waals surface area contributed by atoms with Crippen molar-refractivity contribution >= 4 is 12.1 Å². The lowest BCUT2D eigenvalue weighted by Crippen LogP contribution is -2.34. The zero-order valence-electron chi connectivity index (χ0n) is 18.0. The van der Waals surface area contributed by atoms with E-state index < -0.39 is 11.7 Å². The first-order chi connectivity index (χ1) is 14.8. The van der Waals surface area contributed by atoms with E-state index in [1.165, 1.54) is 5.06 Å². The number of benzene rings is 1. The minimum Gasteiger partial charge on any atom is -0.444 e. The first kappa shape index (κ1) is 21.2. The van der Waals surface area contributed by atoms with Crippen molar-refractivity contribution in [3.8, 4) is 0 Å². The third-order valence-electron chi connectivity index (χ3n) is 5.26. The van der Waals surface area contributed by atoms with Crippen LogP contribution in [-0.4, -0.2) is 45.4 Å². The van der Waals surface area contributed by atoms with E-state index in [2.05, 4.69) is 10.5 Å². The van der Waals surface area contributed by atoms with Crippen molar-refractivity contribution in [2.24, 2.45) is 0 Å². The van der Waals surface area contributed by atoms with Gasteiger partial charge in [-0.3, -0.25) is 4.84 Å². The van der Waals surface area contributed by atoms with E-state index in [0.717, 1.165) is 18.4 Å². The summed E-state index contributed by atoms with van der Waals surface area (Å²) in [6, 6.07) is 11.3. The van der Waals surface area contributed by atoms with Crippen molar-refractivity contribution in [2.45, 2.75) is 64.4 Å². The van der Waals surface area contributed by atoms with Gasteiger partial charge in [0.2, 0.25) is 0 Å². The Kier molecular flexibility index (Phi) is 5.86. The molecule has 2 atom stereocenters. The summed E-state index contributed by atoms with van der Waals surface area (Å²) in [6.07, 6.45) is 1.07. The van der Waals surface area contributed by atoms with Gasteiger partial charge in [-0.05, 0) is 39.2 Å². The highest BCUT2D eigenvalue weighted by atomic mass is 16.7. The van der Waals surface area contributed by atoms with Crippen molar-refractivity contribution in [1.82, 2.24) is 20.4 Å². The number of urea groups is 1. The van der Waals surface area contributed by atoms with Crippen LogP contribution < -0.4 is 5.32 Å². The Morgan fingerprint density at radius 1 is 1.26 bits per heavy atom. The van der Waals surface area contributed by atoms with Gasteiger partial charge in [0.15, 0.2) is 5.76 Å². The van der Waals surface area contributed by atoms with Gasteiger partial charge < -0.3 is 19.5 Å². The van der Waals surface area contributed by atoms with Crippen LogP contribution in [0.4, 0.5) is 9.59 Å². The van der Waals surface area contributed by atoms with Gasteiger partial charge in [0.25, 0.3) is 0 Å². The van der Waals surface area contributed by atoms with Crippen LogP contribution in [0.25, 0.3) is 0 Å². The minimum absolute atomic E-state index is 0.0349. The lowest BCUT2D eigenvalue weighted by atomic mass is 9.98. The van der Waals surface area contributed by atoms with Crippen LogP contribution >= 0.6 is 0 Å². The molecule has 2 aliphatic heterocycles. The fourth-order valence-electron chi connectivity index (χ4n) is 3.87. The number of aromatic nitrogens is 1. The van der Waals surface area contributed by atoms with Gasteiger partial charge >= 0.3 is 12.1 Å². The predicted octanol–water partition coefficient (Wildman–Crippen LogP) is 3.77. The monoisotopic (exact) mass is 428 g/mol. The standard InChI is InChI=1S/C22H28N4O5/c1-22(2,3)30-20(27)23-12-17-11-18(24-31-17)19-10-9-16-13-25(19)21(28)26(16)29-14-15-7-5-4-6-8-15/h4-8,11,16,19H,9-10,12-14H2,1-3H3,(H,23,27). The highest BCUT2D eigenvalue weighted by Gasteiger charge is 2.46. The second-order valence-electron chi connectivity index (χ2n) is 8.84. The molecule has 31 heavy (non-hydrogen) atoms. The Labute approximate surface area is 181 Å². The summed E-state index contributed by atoms with van der Waals surface area (Å²) in [4.78, 5) is 32.4. The van der Waals surface area contributed by atoms with Crippen LogP contribution in [-0.2, 0) is 22.7 Å². The maximum absolute atomic E-state index is 12.9. The molecular weight excluding hydrogens is 400 g/mol. The first-order valence-electron chi connectivity index (χ1n) is 10.5. The molecule has 1 aromatic carbocycles. The molecule has 1 aromatic heterocycles. The highest BCUT2D eigenvalue weighted by molar-refractivity contribution is 5.77. The molecule has 2 unspecified atom stereocenters. The third-order valence-corrected chi connectivity index (χ3v) is 5.26. The van der Waals surface area contributed by atoms with Gasteiger partial charge in [0.1, 0.15) is 17.9 Å². The first-order valence-corrected chi connectivity index (χ1v) is 10.5. The topological polar surface area (TPSA) is 97.1 Å². The fourth-order valence-corrected chi connectivity index (χ4v) is 3.87. The van der Waals surface area contributed by atoms with E-state index in [9.17, 15) is 9.59 Å². The second kappa shape index (κ2) is 8.58. The molecule has 2 saturated heterocycles. The molecular formula is C22H28N4O5. The summed E-state index contributed by atoms with van der Waals surface area (Å²) in [5, 5.41) is 8.29. The molecule has 0 radical (unpaired) electrons. The Hall–Kier alpha value is -3.07. The summed E-state index contributed by atoms with van der Waals surface area (Å²) in [5.41, 5.74) is 1.12. The third kappa shape index (κ3) is 4.99. The van der Waals surface area contributed by atoms with Crippen molar-refractivity contribution < 1.29 is 23.7 Å². The van der Waals surface area contributed by atoms with Crippen LogP contribution in [0.15, 0.2) is 40.9 Å². The maximum atomic E-state index is 12.9. The quantitative estimate of drug-likeness (QED) is 0.752. The van der Waals surface area contributed by atoms with Crippen molar-refractivity contribution in [3.05, 3.63) is 53.4 Å². The molecule has 0 saturated carbocycles. The van der Waals surface area contributed by atoms with E-state index >= 15 is 0 Å². The Morgan fingerprint density at radius 3 is 2.77 bits per heavy atom. The average molecular weight is 428 g/mol. The number of fused-ring (bicyclic) bond motifs is 2. The number of rotatable bonds is 6. The molecule has 0 aliphatic carbocycles. The average Bonchev–Trinajstić information content (AvgIpc) is 3.29. The number of carbonyl (C=O) groups excluding carboxylic acids is 2. The normalized spacial score (nSPS) is 20.8. The number of hydroxylamine groups is 2. The number of ether oxygens (including phenoxy) is 1. The SMILES string of the molecule is CC(C)(C)OC(=O)NCc1cc(C2CCC3CN2C(=O)N3OCc2ccccc2)no1. The van der Waals surface area contributed by atoms with Gasteiger partial charge in [-0.2, -0.15) is 5.06 Å². The van der Waals surface area contributed by atoms with E-state index in [1.807, 2.05) is 30.3 Å². The molecule has 4 rings (SSSR count). The summed E-state index contributed by atoms with van der Waals surface area (Å²) in [6.45, 7) is 6.51. The van der Waals surface area contributed by atoms with Crippen LogP contribution in [0, 0.1) is 0 Å². The number of amides is 3. The van der Waals surface area contributed by atoms with E-state index in [4.69, 9.17) is 14.1 Å². The molecule has 9 nitrogen and oxygen atoms in total. The molecule has 0 spiro atoms. The van der Waals surface area contributed by atoms with Gasteiger partial charge in [-0.1, -0.05) is 35.5 Å². The Balaban J connectivity index is 1.34. The van der Waals surface area contributed by atoms with Crippen LogP contribution in [0.1, 0.15) is 56.7 Å². The zero-order chi connectivity index (χ0) is 22.0. The molecule has 166 valence electrons. The predicted molar refractivity (Wildman–Crippen MR) is 111 cm³/mol. The molecule has 2 fully saturated rings. The lowest BCUT2D eigenvalue weighted by molar-refractivity contribution is -0.140. The van der Waals surface area contributed by atoms with Gasteiger partial charge in [-0.15, -0.1) is 0 Å². The van der Waals surface area contributed by atoms with Gasteiger partial charge in [-0.25, -0.2) is 9.59 Å². The minimum atomic E-state index is -0.570. The molecule has 9 heteroatoms. The lowest BCUT2D eigenvalue weighted by Gasteiger charge is -2.28. The Bertz CT molecular complexity index is 923.